The van der Waals surface area contributed by atoms with E-state index in [9.17, 15) is 19.2 Å². The van der Waals surface area contributed by atoms with E-state index < -0.39 is 29.5 Å². The number of hydrogen-bond donors (Lipinski definition) is 0. The zero-order valence-electron chi connectivity index (χ0n) is 16.1. The largest absolute Gasteiger partial charge is 0.465 e. The molecule has 0 unspecified atom stereocenters. The van der Waals surface area contributed by atoms with E-state index in [1.165, 1.54) is 30.3 Å². The molecule has 0 fully saturated rings. The van der Waals surface area contributed by atoms with Gasteiger partial charge in [0.05, 0.1) is 32.0 Å². The highest BCUT2D eigenvalue weighted by atomic mass is 16.6. The summed E-state index contributed by atoms with van der Waals surface area (Å²) < 4.78 is 19.8. The van der Waals surface area contributed by atoms with Gasteiger partial charge in [-0.25, -0.2) is 19.2 Å². The van der Waals surface area contributed by atoms with E-state index in [2.05, 4.69) is 6.07 Å². The lowest BCUT2D eigenvalue weighted by Gasteiger charge is -2.28. The van der Waals surface area contributed by atoms with Crippen molar-refractivity contribution in [1.82, 2.24) is 0 Å². The van der Waals surface area contributed by atoms with Crippen molar-refractivity contribution in [1.29, 1.82) is 0 Å². The average molecular weight is 399 g/mol. The predicted octanol–water partition coefficient (Wildman–Crippen LogP) is 2.06. The minimum atomic E-state index is -2.52. The molecule has 0 aliphatic carbocycles. The number of carbonyl (C=O) groups is 4. The van der Waals surface area contributed by atoms with Gasteiger partial charge in [-0.05, 0) is 25.1 Å². The molecule has 0 aliphatic rings. The smallest absolute Gasteiger partial charge is 0.367 e. The van der Waals surface area contributed by atoms with Crippen molar-refractivity contribution in [3.63, 3.8) is 0 Å². The Kier molecular flexibility index (Phi) is 7.08. The second-order valence-corrected chi connectivity index (χ2v) is 5.61. The number of ether oxygens (including phenoxy) is 4. The van der Waals surface area contributed by atoms with Crippen molar-refractivity contribution in [2.24, 2.45) is 0 Å². The summed E-state index contributed by atoms with van der Waals surface area (Å²) in [6.45, 7) is 1.70. The number of rotatable bonds is 7. The maximum Gasteiger partial charge on any atom is 0.367 e. The van der Waals surface area contributed by atoms with Gasteiger partial charge in [0.2, 0.25) is 0 Å². The van der Waals surface area contributed by atoms with Crippen LogP contribution in [0.25, 0.3) is 0 Å². The van der Waals surface area contributed by atoms with Crippen LogP contribution < -0.4 is 0 Å². The van der Waals surface area contributed by atoms with Gasteiger partial charge in [-0.3, -0.25) is 0 Å². The first-order valence-electron chi connectivity index (χ1n) is 8.55. The molecule has 151 valence electrons. The highest BCUT2D eigenvalue weighted by Crippen LogP contribution is 2.31. The molecule has 0 aliphatic heterocycles. The Morgan fingerprint density at radius 3 is 2.07 bits per heavy atom. The van der Waals surface area contributed by atoms with Gasteiger partial charge in [0.15, 0.2) is 0 Å². The van der Waals surface area contributed by atoms with Gasteiger partial charge < -0.3 is 18.9 Å². The van der Waals surface area contributed by atoms with E-state index >= 15 is 0 Å². The second-order valence-electron chi connectivity index (χ2n) is 5.61. The molecule has 2 aromatic carbocycles. The molecule has 8 nitrogen and oxygen atoms in total. The topological polar surface area (TPSA) is 105 Å². The Hall–Kier alpha value is -3.68. The van der Waals surface area contributed by atoms with Crippen LogP contribution in [0.15, 0.2) is 48.5 Å². The van der Waals surface area contributed by atoms with E-state index in [0.717, 1.165) is 14.2 Å². The minimum absolute atomic E-state index is 0.0182. The van der Waals surface area contributed by atoms with Crippen molar-refractivity contribution in [3.05, 3.63) is 71.3 Å². The SMILES string of the molecule is CCOC(=O)c1cc[c]cc1C(=O)OC(C(=O)OC)(C(=O)OC)c1ccccc1. The number of methoxy groups -OCH3 is 2. The molecular weight excluding hydrogens is 380 g/mol. The Morgan fingerprint density at radius 1 is 0.897 bits per heavy atom. The number of hydrogen-bond acceptors (Lipinski definition) is 8. The van der Waals surface area contributed by atoms with Crippen molar-refractivity contribution < 1.29 is 38.1 Å². The quantitative estimate of drug-likeness (QED) is 0.396. The number of carbonyl (C=O) groups excluding carboxylic acids is 4. The van der Waals surface area contributed by atoms with E-state index in [4.69, 9.17) is 18.9 Å². The lowest BCUT2D eigenvalue weighted by atomic mass is 9.93. The second kappa shape index (κ2) is 9.50. The van der Waals surface area contributed by atoms with Crippen LogP contribution in [0.3, 0.4) is 0 Å². The summed E-state index contributed by atoms with van der Waals surface area (Å²) in [5.41, 5.74) is -2.85. The highest BCUT2D eigenvalue weighted by molar-refractivity contribution is 6.09. The Bertz CT molecular complexity index is 888. The maximum atomic E-state index is 12.9. The first kappa shape index (κ1) is 21.6. The molecule has 0 atom stereocenters. The van der Waals surface area contributed by atoms with Crippen LogP contribution in [0, 0.1) is 6.07 Å². The molecule has 0 saturated carbocycles. The predicted molar refractivity (Wildman–Crippen MR) is 98.8 cm³/mol. The molecule has 2 rings (SSSR count). The standard InChI is InChI=1S/C21H19O8/c1-4-28-17(22)15-12-8-9-13-16(15)18(23)29-21(19(24)26-2,20(25)27-3)14-10-6-5-7-11-14/h5-8,10-13H,4H2,1-3H3. The molecule has 0 N–H and O–H groups in total. The van der Waals surface area contributed by atoms with Crippen LogP contribution in [0.1, 0.15) is 33.2 Å². The molecule has 1 radical (unpaired) electrons. The zero-order chi connectivity index (χ0) is 21.4. The fourth-order valence-corrected chi connectivity index (χ4v) is 2.60. The molecule has 0 amide bonds. The van der Waals surface area contributed by atoms with Crippen molar-refractivity contribution in [2.75, 3.05) is 20.8 Å². The summed E-state index contributed by atoms with van der Waals surface area (Å²) in [5.74, 6) is -4.23. The lowest BCUT2D eigenvalue weighted by molar-refractivity contribution is -0.182. The Morgan fingerprint density at radius 2 is 1.52 bits per heavy atom. The third kappa shape index (κ3) is 4.26. The molecule has 0 saturated heterocycles. The van der Waals surface area contributed by atoms with Gasteiger partial charge in [-0.1, -0.05) is 36.4 Å². The van der Waals surface area contributed by atoms with Crippen molar-refractivity contribution >= 4 is 23.9 Å². The van der Waals surface area contributed by atoms with Gasteiger partial charge >= 0.3 is 29.5 Å². The third-order valence-corrected chi connectivity index (χ3v) is 3.95. The maximum absolute atomic E-state index is 12.9. The molecule has 0 aromatic heterocycles. The average Bonchev–Trinajstić information content (AvgIpc) is 2.77. The number of benzene rings is 2. The van der Waals surface area contributed by atoms with Gasteiger partial charge in [0.1, 0.15) is 0 Å². The summed E-state index contributed by atoms with van der Waals surface area (Å²) in [6.07, 6.45) is 0. The van der Waals surface area contributed by atoms with Crippen molar-refractivity contribution in [2.45, 2.75) is 12.5 Å². The molecule has 2 aromatic rings. The highest BCUT2D eigenvalue weighted by Gasteiger charge is 2.54. The number of esters is 4. The van der Waals surface area contributed by atoms with E-state index in [-0.39, 0.29) is 23.3 Å². The van der Waals surface area contributed by atoms with E-state index in [0.29, 0.717) is 0 Å². The van der Waals surface area contributed by atoms with Crippen LogP contribution in [0.4, 0.5) is 0 Å². The molecule has 0 bridgehead atoms. The molecule has 29 heavy (non-hydrogen) atoms. The van der Waals surface area contributed by atoms with Gasteiger partial charge in [-0.2, -0.15) is 0 Å². The monoisotopic (exact) mass is 399 g/mol. The van der Waals surface area contributed by atoms with E-state index in [1.807, 2.05) is 0 Å². The molecule has 8 heteroatoms. The zero-order valence-corrected chi connectivity index (χ0v) is 16.1. The Balaban J connectivity index is 2.58. The molecule has 0 heterocycles. The van der Waals surface area contributed by atoms with Crippen LogP contribution >= 0.6 is 0 Å². The first-order valence-corrected chi connectivity index (χ1v) is 8.55. The minimum Gasteiger partial charge on any atom is -0.465 e. The van der Waals surface area contributed by atoms with Gasteiger partial charge in [0, 0.05) is 5.56 Å². The van der Waals surface area contributed by atoms with Crippen LogP contribution in [-0.4, -0.2) is 44.7 Å². The van der Waals surface area contributed by atoms with E-state index in [1.54, 1.807) is 25.1 Å². The normalized spacial score (nSPS) is 10.6. The first-order chi connectivity index (χ1) is 13.9. The van der Waals surface area contributed by atoms with Crippen LogP contribution in [0.2, 0.25) is 0 Å². The summed E-state index contributed by atoms with van der Waals surface area (Å²) in [7, 11) is 2.08. The molecule has 0 spiro atoms. The van der Waals surface area contributed by atoms with Crippen molar-refractivity contribution in [3.8, 4) is 0 Å². The fraction of sp³-hybridized carbons (Fsp3) is 0.238. The Labute approximate surface area is 167 Å². The summed E-state index contributed by atoms with van der Waals surface area (Å²) in [4.78, 5) is 50.3. The summed E-state index contributed by atoms with van der Waals surface area (Å²) in [6, 6.07) is 14.1. The van der Waals surface area contributed by atoms with Gasteiger partial charge in [0.25, 0.3) is 0 Å². The summed E-state index contributed by atoms with van der Waals surface area (Å²) in [5, 5.41) is 0. The summed E-state index contributed by atoms with van der Waals surface area (Å²) >= 11 is 0. The lowest BCUT2D eigenvalue weighted by Crippen LogP contribution is -2.49. The van der Waals surface area contributed by atoms with Crippen LogP contribution in [0.5, 0.6) is 0 Å². The van der Waals surface area contributed by atoms with Gasteiger partial charge in [-0.15, -0.1) is 0 Å². The fourth-order valence-electron chi connectivity index (χ4n) is 2.60. The third-order valence-electron chi connectivity index (χ3n) is 3.95. The van der Waals surface area contributed by atoms with Crippen LogP contribution in [-0.2, 0) is 34.1 Å². The molecular formula is C21H19O8.